The molecule has 0 atom stereocenters. The lowest BCUT2D eigenvalue weighted by Gasteiger charge is -2.03. The van der Waals surface area contributed by atoms with E-state index < -0.39 is 0 Å². The van der Waals surface area contributed by atoms with Crippen molar-refractivity contribution in [1.29, 1.82) is 0 Å². The van der Waals surface area contributed by atoms with Crippen molar-refractivity contribution in [3.63, 3.8) is 0 Å². The van der Waals surface area contributed by atoms with Gasteiger partial charge in [0, 0.05) is 0 Å². The Hall–Kier alpha value is -1.28. The molecule has 1 N–H and O–H groups in total. The molecule has 0 saturated heterocycles. The zero-order valence-electron chi connectivity index (χ0n) is 6.79. The van der Waals surface area contributed by atoms with Crippen LogP contribution in [0.2, 0.25) is 0 Å². The molecule has 0 aliphatic rings. The van der Waals surface area contributed by atoms with Gasteiger partial charge in [0.1, 0.15) is 12.4 Å². The summed E-state index contributed by atoms with van der Waals surface area (Å²) in [5.41, 5.74) is 0.963. The van der Waals surface area contributed by atoms with E-state index in [0.717, 1.165) is 5.56 Å². The van der Waals surface area contributed by atoms with Gasteiger partial charge in [-0.3, -0.25) is 0 Å². The number of ether oxygens (including phenoxy) is 1. The van der Waals surface area contributed by atoms with E-state index >= 15 is 0 Å². The second-order valence-corrected chi connectivity index (χ2v) is 2.28. The number of rotatable bonds is 4. The summed E-state index contributed by atoms with van der Waals surface area (Å²) in [5, 5.41) is 8.50. The lowest BCUT2D eigenvalue weighted by atomic mass is 10.2. The van der Waals surface area contributed by atoms with Crippen molar-refractivity contribution < 1.29 is 9.84 Å². The van der Waals surface area contributed by atoms with Crippen LogP contribution < -0.4 is 4.74 Å². The van der Waals surface area contributed by atoms with Crippen molar-refractivity contribution in [2.45, 2.75) is 0 Å². The van der Waals surface area contributed by atoms with Crippen molar-refractivity contribution in [2.24, 2.45) is 0 Å². The molecule has 63 valence electrons. The highest BCUT2D eigenvalue weighted by Crippen LogP contribution is 2.12. The summed E-state index contributed by atoms with van der Waals surface area (Å²) < 4.78 is 5.17. The summed E-state index contributed by atoms with van der Waals surface area (Å²) in [6.45, 7) is 3.97. The maximum atomic E-state index is 8.50. The molecule has 0 aromatic heterocycles. The molecule has 1 rings (SSSR count). The second-order valence-electron chi connectivity index (χ2n) is 2.28. The first-order chi connectivity index (χ1) is 5.86. The van der Waals surface area contributed by atoms with Crippen LogP contribution >= 0.6 is 0 Å². The van der Waals surface area contributed by atoms with E-state index in [2.05, 4.69) is 12.6 Å². The second kappa shape index (κ2) is 4.57. The average Bonchev–Trinajstić information content (AvgIpc) is 2.15. The maximum absolute atomic E-state index is 8.50. The Morgan fingerprint density at radius 2 is 2.42 bits per heavy atom. The number of benzene rings is 1. The predicted octanol–water partition coefficient (Wildman–Crippen LogP) is 1.50. The third-order valence-electron chi connectivity index (χ3n) is 1.38. The minimum Gasteiger partial charge on any atom is -0.491 e. The Bertz CT molecular complexity index is 256. The van der Waals surface area contributed by atoms with Gasteiger partial charge in [0.15, 0.2) is 0 Å². The van der Waals surface area contributed by atoms with Crippen molar-refractivity contribution in [3.8, 4) is 5.75 Å². The van der Waals surface area contributed by atoms with E-state index in [4.69, 9.17) is 9.84 Å². The van der Waals surface area contributed by atoms with Gasteiger partial charge >= 0.3 is 0 Å². The highest BCUT2D eigenvalue weighted by atomic mass is 16.5. The zero-order chi connectivity index (χ0) is 8.81. The summed E-state index contributed by atoms with van der Waals surface area (Å²) in [6.07, 6.45) is 1.72. The molecule has 0 amide bonds. The SMILES string of the molecule is C=Cc1c[c]cc(OCCO)c1. The molecule has 0 aliphatic carbocycles. The van der Waals surface area contributed by atoms with E-state index in [1.54, 1.807) is 12.1 Å². The molecule has 0 unspecified atom stereocenters. The fraction of sp³-hybridized carbons (Fsp3) is 0.200. The van der Waals surface area contributed by atoms with E-state index in [0.29, 0.717) is 12.4 Å². The topological polar surface area (TPSA) is 29.5 Å². The van der Waals surface area contributed by atoms with E-state index in [1.807, 2.05) is 12.1 Å². The molecule has 12 heavy (non-hydrogen) atoms. The van der Waals surface area contributed by atoms with Crippen LogP contribution in [0.3, 0.4) is 0 Å². The van der Waals surface area contributed by atoms with Gasteiger partial charge in [0.2, 0.25) is 0 Å². The van der Waals surface area contributed by atoms with Crippen LogP contribution in [0.5, 0.6) is 5.75 Å². The quantitative estimate of drug-likeness (QED) is 0.728. The molecule has 1 aromatic rings. The molecule has 2 nitrogen and oxygen atoms in total. The minimum atomic E-state index is 0.0261. The smallest absolute Gasteiger partial charge is 0.120 e. The van der Waals surface area contributed by atoms with Gasteiger partial charge < -0.3 is 9.84 Å². The van der Waals surface area contributed by atoms with Crippen LogP contribution in [0.15, 0.2) is 24.8 Å². The number of hydrogen-bond acceptors (Lipinski definition) is 2. The van der Waals surface area contributed by atoms with Crippen LogP contribution in [-0.2, 0) is 0 Å². The zero-order valence-corrected chi connectivity index (χ0v) is 6.79. The van der Waals surface area contributed by atoms with Crippen LogP contribution in [-0.4, -0.2) is 18.3 Å². The monoisotopic (exact) mass is 163 g/mol. The molecular formula is C10H11O2. The van der Waals surface area contributed by atoms with Gasteiger partial charge in [-0.05, 0) is 29.8 Å². The highest BCUT2D eigenvalue weighted by Gasteiger charge is 1.92. The Morgan fingerprint density at radius 1 is 1.58 bits per heavy atom. The van der Waals surface area contributed by atoms with E-state index in [9.17, 15) is 0 Å². The Labute approximate surface area is 72.1 Å². The van der Waals surface area contributed by atoms with Crippen LogP contribution in [0, 0.1) is 6.07 Å². The summed E-state index contributed by atoms with van der Waals surface area (Å²) in [6, 6.07) is 8.30. The summed E-state index contributed by atoms with van der Waals surface area (Å²) in [4.78, 5) is 0. The molecule has 0 spiro atoms. The van der Waals surface area contributed by atoms with Gasteiger partial charge in [-0.25, -0.2) is 0 Å². The third-order valence-corrected chi connectivity index (χ3v) is 1.38. The maximum Gasteiger partial charge on any atom is 0.120 e. The molecule has 0 bridgehead atoms. The van der Waals surface area contributed by atoms with Crippen molar-refractivity contribution in [2.75, 3.05) is 13.2 Å². The molecule has 0 fully saturated rings. The fourth-order valence-corrected chi connectivity index (χ4v) is 0.832. The Kier molecular flexibility index (Phi) is 3.35. The van der Waals surface area contributed by atoms with Crippen molar-refractivity contribution in [3.05, 3.63) is 36.4 Å². The van der Waals surface area contributed by atoms with Crippen molar-refractivity contribution in [1.82, 2.24) is 0 Å². The first-order valence-electron chi connectivity index (χ1n) is 3.74. The van der Waals surface area contributed by atoms with Crippen LogP contribution in [0.1, 0.15) is 5.56 Å². The van der Waals surface area contributed by atoms with E-state index in [-0.39, 0.29) is 6.61 Å². The number of aliphatic hydroxyl groups excluding tert-OH is 1. The molecule has 0 saturated carbocycles. The van der Waals surface area contributed by atoms with Gasteiger partial charge in [-0.15, -0.1) is 0 Å². The standard InChI is InChI=1S/C10H11O2/c1-2-9-4-3-5-10(8-9)12-7-6-11/h2,4-5,8,11H,1,6-7H2. The molecule has 0 heterocycles. The number of aliphatic hydroxyl groups is 1. The van der Waals surface area contributed by atoms with Crippen LogP contribution in [0.25, 0.3) is 6.08 Å². The highest BCUT2D eigenvalue weighted by molar-refractivity contribution is 5.49. The van der Waals surface area contributed by atoms with Gasteiger partial charge in [0.05, 0.1) is 6.61 Å². The fourth-order valence-electron chi connectivity index (χ4n) is 0.832. The average molecular weight is 163 g/mol. The first kappa shape index (κ1) is 8.81. The summed E-state index contributed by atoms with van der Waals surface area (Å²) >= 11 is 0. The molecule has 2 heteroatoms. The lowest BCUT2D eigenvalue weighted by Crippen LogP contribution is -2.01. The van der Waals surface area contributed by atoms with Gasteiger partial charge in [0.25, 0.3) is 0 Å². The summed E-state index contributed by atoms with van der Waals surface area (Å²) in [7, 11) is 0. The normalized spacial score (nSPS) is 9.42. The predicted molar refractivity (Wildman–Crippen MR) is 47.9 cm³/mol. The minimum absolute atomic E-state index is 0.0261. The molecule has 1 radical (unpaired) electrons. The summed E-state index contributed by atoms with van der Waals surface area (Å²) in [5.74, 6) is 0.710. The Balaban J connectivity index is 2.66. The first-order valence-corrected chi connectivity index (χ1v) is 3.74. The van der Waals surface area contributed by atoms with Crippen LogP contribution in [0.4, 0.5) is 0 Å². The molecule has 1 aromatic carbocycles. The Morgan fingerprint density at radius 3 is 3.08 bits per heavy atom. The van der Waals surface area contributed by atoms with Gasteiger partial charge in [-0.1, -0.05) is 12.7 Å². The third kappa shape index (κ3) is 2.40. The molecular weight excluding hydrogens is 152 g/mol. The van der Waals surface area contributed by atoms with Gasteiger partial charge in [-0.2, -0.15) is 0 Å². The van der Waals surface area contributed by atoms with E-state index in [1.165, 1.54) is 0 Å². The number of hydrogen-bond donors (Lipinski definition) is 1. The largest absolute Gasteiger partial charge is 0.491 e. The molecule has 0 aliphatic heterocycles. The lowest BCUT2D eigenvalue weighted by molar-refractivity contribution is 0.201. The van der Waals surface area contributed by atoms with Crippen molar-refractivity contribution >= 4 is 6.08 Å².